The first-order chi connectivity index (χ1) is 10.2. The minimum absolute atomic E-state index is 0.695. The van der Waals surface area contributed by atoms with E-state index in [0.717, 1.165) is 33.5 Å². The van der Waals surface area contributed by atoms with Gasteiger partial charge in [-0.1, -0.05) is 19.1 Å². The lowest BCUT2D eigenvalue weighted by Gasteiger charge is -2.05. The number of hydrogen-bond acceptors (Lipinski definition) is 6. The first-order valence-electron chi connectivity index (χ1n) is 6.87. The molecule has 0 aliphatic rings. The number of fused-ring (bicyclic) bond motifs is 1. The quantitative estimate of drug-likeness (QED) is 0.708. The lowest BCUT2D eigenvalue weighted by Crippen LogP contribution is -2.05. The van der Waals surface area contributed by atoms with Gasteiger partial charge in [-0.2, -0.15) is 0 Å². The third-order valence-corrected chi connectivity index (χ3v) is 4.85. The van der Waals surface area contributed by atoms with Crippen molar-refractivity contribution in [2.24, 2.45) is 0 Å². The highest BCUT2D eigenvalue weighted by Gasteiger charge is 2.08. The van der Waals surface area contributed by atoms with Gasteiger partial charge in [0.2, 0.25) is 5.95 Å². The van der Waals surface area contributed by atoms with Gasteiger partial charge in [0.1, 0.15) is 5.03 Å². The van der Waals surface area contributed by atoms with Crippen LogP contribution in [0.15, 0.2) is 39.7 Å². The molecule has 0 aliphatic carbocycles. The van der Waals surface area contributed by atoms with Crippen LogP contribution in [0.4, 0.5) is 5.95 Å². The summed E-state index contributed by atoms with van der Waals surface area (Å²) in [6, 6.07) is 10.2. The van der Waals surface area contributed by atoms with Crippen LogP contribution in [0.2, 0.25) is 0 Å². The Morgan fingerprint density at radius 2 is 2.05 bits per heavy atom. The number of hydrogen-bond donors (Lipinski definition) is 1. The number of aryl methyl sites for hydroxylation is 1. The fourth-order valence-electron chi connectivity index (χ4n) is 1.89. The van der Waals surface area contributed by atoms with Gasteiger partial charge in [-0.05, 0) is 43.3 Å². The summed E-state index contributed by atoms with van der Waals surface area (Å²) >= 11 is 3.28. The minimum atomic E-state index is 0.695. The van der Waals surface area contributed by atoms with Crippen LogP contribution in [0.1, 0.15) is 19.0 Å². The van der Waals surface area contributed by atoms with E-state index in [9.17, 15) is 0 Å². The monoisotopic (exact) mass is 316 g/mol. The van der Waals surface area contributed by atoms with Crippen molar-refractivity contribution in [3.8, 4) is 0 Å². The molecule has 0 aliphatic heterocycles. The number of rotatable bonds is 5. The number of benzene rings is 1. The lowest BCUT2D eigenvalue weighted by molar-refractivity contribution is 0.924. The largest absolute Gasteiger partial charge is 0.354 e. The molecule has 0 bridgehead atoms. The first kappa shape index (κ1) is 14.3. The van der Waals surface area contributed by atoms with Crippen LogP contribution in [0, 0.1) is 6.92 Å². The van der Waals surface area contributed by atoms with Crippen LogP contribution < -0.4 is 5.32 Å². The summed E-state index contributed by atoms with van der Waals surface area (Å²) in [5, 5.41) is 4.17. The van der Waals surface area contributed by atoms with Crippen molar-refractivity contribution >= 4 is 39.3 Å². The molecule has 0 saturated carbocycles. The molecule has 2 heterocycles. The van der Waals surface area contributed by atoms with Crippen molar-refractivity contribution in [3.05, 3.63) is 36.0 Å². The van der Waals surface area contributed by atoms with Crippen LogP contribution in [-0.2, 0) is 0 Å². The van der Waals surface area contributed by atoms with E-state index < -0.39 is 0 Å². The van der Waals surface area contributed by atoms with Gasteiger partial charge in [0.25, 0.3) is 0 Å². The maximum absolute atomic E-state index is 4.63. The predicted octanol–water partition coefficient (Wildman–Crippen LogP) is 4.37. The number of nitrogens with one attached hydrogen (secondary N) is 1. The summed E-state index contributed by atoms with van der Waals surface area (Å²) in [5.41, 5.74) is 2.01. The van der Waals surface area contributed by atoms with Crippen molar-refractivity contribution in [2.45, 2.75) is 29.6 Å². The van der Waals surface area contributed by atoms with Gasteiger partial charge in [0, 0.05) is 12.2 Å². The highest BCUT2D eigenvalue weighted by atomic mass is 32.2. The molecule has 4 nitrogen and oxygen atoms in total. The summed E-state index contributed by atoms with van der Waals surface area (Å²) in [5.74, 6) is 0.695. The molecular formula is C15H16N4S2. The Kier molecular flexibility index (Phi) is 4.36. The molecule has 0 saturated heterocycles. The molecule has 21 heavy (non-hydrogen) atoms. The second kappa shape index (κ2) is 6.41. The zero-order chi connectivity index (χ0) is 14.7. The molecule has 0 radical (unpaired) electrons. The fraction of sp³-hybridized carbons (Fsp3) is 0.267. The normalized spacial score (nSPS) is 11.0. The maximum Gasteiger partial charge on any atom is 0.223 e. The van der Waals surface area contributed by atoms with E-state index >= 15 is 0 Å². The van der Waals surface area contributed by atoms with E-state index in [0.29, 0.717) is 5.95 Å². The van der Waals surface area contributed by atoms with Gasteiger partial charge >= 0.3 is 0 Å². The van der Waals surface area contributed by atoms with Crippen LogP contribution in [0.3, 0.4) is 0 Å². The first-order valence-corrected chi connectivity index (χ1v) is 8.51. The topological polar surface area (TPSA) is 50.7 Å². The molecule has 2 aromatic heterocycles. The van der Waals surface area contributed by atoms with Crippen molar-refractivity contribution in [1.29, 1.82) is 0 Å². The Bertz CT molecular complexity index is 721. The van der Waals surface area contributed by atoms with Crippen molar-refractivity contribution in [1.82, 2.24) is 15.0 Å². The van der Waals surface area contributed by atoms with Crippen LogP contribution >= 0.6 is 23.1 Å². The molecule has 0 amide bonds. The summed E-state index contributed by atoms with van der Waals surface area (Å²) in [6.45, 7) is 5.00. The van der Waals surface area contributed by atoms with Gasteiger partial charge in [0.05, 0.1) is 10.2 Å². The molecule has 0 spiro atoms. The SMILES string of the molecule is CCCNc1nc(C)cc(Sc2nc3ccccc3s2)n1. The van der Waals surface area contributed by atoms with Gasteiger partial charge < -0.3 is 5.32 Å². The third-order valence-electron chi connectivity index (χ3n) is 2.83. The Balaban J connectivity index is 1.84. The molecule has 108 valence electrons. The predicted molar refractivity (Wildman–Crippen MR) is 89.3 cm³/mol. The Morgan fingerprint density at radius 3 is 2.86 bits per heavy atom. The fourth-order valence-corrected chi connectivity index (χ4v) is 3.97. The van der Waals surface area contributed by atoms with Crippen LogP contribution in [-0.4, -0.2) is 21.5 Å². The minimum Gasteiger partial charge on any atom is -0.354 e. The zero-order valence-electron chi connectivity index (χ0n) is 12.0. The van der Waals surface area contributed by atoms with Gasteiger partial charge in [-0.15, -0.1) is 11.3 Å². The average molecular weight is 316 g/mol. The summed E-state index contributed by atoms with van der Waals surface area (Å²) in [6.07, 6.45) is 1.05. The van der Waals surface area contributed by atoms with E-state index in [-0.39, 0.29) is 0 Å². The highest BCUT2D eigenvalue weighted by Crippen LogP contribution is 2.33. The Morgan fingerprint density at radius 1 is 1.19 bits per heavy atom. The Hall–Kier alpha value is -1.66. The molecule has 0 atom stereocenters. The van der Waals surface area contributed by atoms with Gasteiger partial charge in [-0.25, -0.2) is 15.0 Å². The number of para-hydroxylation sites is 1. The lowest BCUT2D eigenvalue weighted by atomic mass is 10.3. The molecule has 1 N–H and O–H groups in total. The van der Waals surface area contributed by atoms with E-state index in [1.807, 2.05) is 31.2 Å². The molecule has 6 heteroatoms. The number of thiazole rings is 1. The van der Waals surface area contributed by atoms with E-state index in [4.69, 9.17) is 0 Å². The molecule has 1 aromatic carbocycles. The van der Waals surface area contributed by atoms with Crippen LogP contribution in [0.5, 0.6) is 0 Å². The number of anilines is 1. The van der Waals surface area contributed by atoms with Crippen molar-refractivity contribution in [3.63, 3.8) is 0 Å². The van der Waals surface area contributed by atoms with Gasteiger partial charge in [-0.3, -0.25) is 0 Å². The molecular weight excluding hydrogens is 300 g/mol. The molecule has 3 aromatic rings. The molecule has 0 fully saturated rings. The number of aromatic nitrogens is 3. The second-order valence-corrected chi connectivity index (χ2v) is 6.95. The van der Waals surface area contributed by atoms with E-state index in [1.165, 1.54) is 4.70 Å². The van der Waals surface area contributed by atoms with E-state index in [1.54, 1.807) is 23.1 Å². The molecule has 0 unspecified atom stereocenters. The third kappa shape index (κ3) is 3.51. The number of nitrogens with zero attached hydrogens (tertiary/aromatic N) is 3. The second-order valence-electron chi connectivity index (χ2n) is 4.65. The summed E-state index contributed by atoms with van der Waals surface area (Å²) in [4.78, 5) is 13.6. The van der Waals surface area contributed by atoms with E-state index in [2.05, 4.69) is 33.3 Å². The van der Waals surface area contributed by atoms with Crippen molar-refractivity contribution in [2.75, 3.05) is 11.9 Å². The zero-order valence-corrected chi connectivity index (χ0v) is 13.6. The van der Waals surface area contributed by atoms with Gasteiger partial charge in [0.15, 0.2) is 4.34 Å². The molecule has 3 rings (SSSR count). The summed E-state index contributed by atoms with van der Waals surface area (Å²) < 4.78 is 2.21. The smallest absolute Gasteiger partial charge is 0.223 e. The average Bonchev–Trinajstić information content (AvgIpc) is 2.86. The summed E-state index contributed by atoms with van der Waals surface area (Å²) in [7, 11) is 0. The standard InChI is InChI=1S/C15H16N4S2/c1-3-8-16-14-17-10(2)9-13(19-14)21-15-18-11-6-4-5-7-12(11)20-15/h4-7,9H,3,8H2,1-2H3,(H,16,17,19). The van der Waals surface area contributed by atoms with Crippen molar-refractivity contribution < 1.29 is 0 Å². The Labute approximate surface area is 132 Å². The highest BCUT2D eigenvalue weighted by molar-refractivity contribution is 8.01. The maximum atomic E-state index is 4.63. The van der Waals surface area contributed by atoms with Crippen LogP contribution in [0.25, 0.3) is 10.2 Å².